The Morgan fingerprint density at radius 2 is 1.63 bits per heavy atom. The van der Waals surface area contributed by atoms with Gasteiger partial charge in [-0.05, 0) is 70.0 Å². The molecule has 6 nitrogen and oxygen atoms in total. The summed E-state index contributed by atoms with van der Waals surface area (Å²) in [6.07, 6.45) is 1.10. The molecule has 8 heteroatoms. The monoisotopic (exact) mass is 450 g/mol. The number of rotatable bonds is 6. The van der Waals surface area contributed by atoms with Gasteiger partial charge in [-0.3, -0.25) is 4.79 Å². The fourth-order valence-electron chi connectivity index (χ4n) is 3.30. The van der Waals surface area contributed by atoms with Crippen LogP contribution in [0, 0.1) is 6.92 Å². The lowest BCUT2D eigenvalue weighted by molar-refractivity contribution is -0.135. The van der Waals surface area contributed by atoms with Gasteiger partial charge in [-0.1, -0.05) is 29.3 Å². The highest BCUT2D eigenvalue weighted by Gasteiger charge is 2.34. The number of hydrogen-bond donors (Lipinski definition) is 1. The molecule has 0 aromatic heterocycles. The number of carbonyl (C=O) groups excluding carboxylic acids is 1. The van der Waals surface area contributed by atoms with Gasteiger partial charge >= 0.3 is 0 Å². The van der Waals surface area contributed by atoms with Crippen LogP contribution in [0.4, 0.5) is 0 Å². The summed E-state index contributed by atoms with van der Waals surface area (Å²) in [5, 5.41) is 3.59. The van der Waals surface area contributed by atoms with Crippen molar-refractivity contribution in [3.63, 3.8) is 0 Å². The summed E-state index contributed by atoms with van der Waals surface area (Å²) in [4.78, 5) is 13.0. The van der Waals surface area contributed by atoms with E-state index in [1.54, 1.807) is 62.4 Å². The largest absolute Gasteiger partial charge is 0.478 e. The van der Waals surface area contributed by atoms with Crippen molar-refractivity contribution in [2.75, 3.05) is 13.1 Å². The van der Waals surface area contributed by atoms with Crippen molar-refractivity contribution in [3.8, 4) is 5.75 Å². The molecule has 0 unspecified atom stereocenters. The first-order valence-corrected chi connectivity index (χ1v) is 11.7. The van der Waals surface area contributed by atoms with E-state index in [4.69, 9.17) is 16.3 Å². The molecule has 0 spiro atoms. The zero-order valence-corrected chi connectivity index (χ0v) is 19.0. The zero-order valence-electron chi connectivity index (χ0n) is 17.4. The van der Waals surface area contributed by atoms with Gasteiger partial charge < -0.3 is 10.1 Å². The molecule has 1 aliphatic heterocycles. The molecule has 3 rings (SSSR count). The molecule has 2 aromatic rings. The maximum absolute atomic E-state index is 12.8. The number of sulfonamides is 1. The van der Waals surface area contributed by atoms with Crippen LogP contribution in [0.5, 0.6) is 5.75 Å². The number of piperidine rings is 1. The topological polar surface area (TPSA) is 75.7 Å². The Morgan fingerprint density at radius 1 is 1.07 bits per heavy atom. The van der Waals surface area contributed by atoms with Crippen LogP contribution in [0.15, 0.2) is 53.4 Å². The van der Waals surface area contributed by atoms with Crippen molar-refractivity contribution in [2.45, 2.75) is 50.2 Å². The van der Waals surface area contributed by atoms with Crippen LogP contribution in [0.3, 0.4) is 0 Å². The van der Waals surface area contributed by atoms with Crippen molar-refractivity contribution in [1.29, 1.82) is 0 Å². The third-order valence-electron chi connectivity index (χ3n) is 5.18. The molecular formula is C22H27ClN2O4S. The maximum atomic E-state index is 12.8. The van der Waals surface area contributed by atoms with Gasteiger partial charge in [-0.2, -0.15) is 4.31 Å². The van der Waals surface area contributed by atoms with Crippen molar-refractivity contribution < 1.29 is 17.9 Å². The van der Waals surface area contributed by atoms with E-state index in [1.165, 1.54) is 4.31 Å². The number of hydrogen-bond acceptors (Lipinski definition) is 4. The van der Waals surface area contributed by atoms with E-state index in [2.05, 4.69) is 5.32 Å². The SMILES string of the molecule is Cc1ccc(S(=O)(=O)N2CCC(NC(=O)C(C)(C)Oc3ccc(Cl)cc3)CC2)cc1. The molecule has 0 bridgehead atoms. The third kappa shape index (κ3) is 5.33. The van der Waals surface area contributed by atoms with Gasteiger partial charge in [0.15, 0.2) is 5.60 Å². The van der Waals surface area contributed by atoms with Crippen LogP contribution < -0.4 is 10.1 Å². The maximum Gasteiger partial charge on any atom is 0.263 e. The average Bonchev–Trinajstić information content (AvgIpc) is 2.70. The van der Waals surface area contributed by atoms with Crippen molar-refractivity contribution >= 4 is 27.5 Å². The Balaban J connectivity index is 1.56. The smallest absolute Gasteiger partial charge is 0.263 e. The van der Waals surface area contributed by atoms with Crippen LogP contribution in [0.1, 0.15) is 32.3 Å². The minimum Gasteiger partial charge on any atom is -0.478 e. The Hall–Kier alpha value is -2.09. The fraction of sp³-hybridized carbons (Fsp3) is 0.409. The lowest BCUT2D eigenvalue weighted by atomic mass is 10.0. The highest BCUT2D eigenvalue weighted by atomic mass is 35.5. The van der Waals surface area contributed by atoms with E-state index < -0.39 is 15.6 Å². The van der Waals surface area contributed by atoms with Crippen molar-refractivity contribution in [3.05, 3.63) is 59.1 Å². The van der Waals surface area contributed by atoms with Gasteiger partial charge in [-0.25, -0.2) is 8.42 Å². The molecule has 2 aromatic carbocycles. The molecule has 162 valence electrons. The molecule has 1 heterocycles. The summed E-state index contributed by atoms with van der Waals surface area (Å²) in [7, 11) is -3.52. The van der Waals surface area contributed by atoms with E-state index in [9.17, 15) is 13.2 Å². The van der Waals surface area contributed by atoms with E-state index in [-0.39, 0.29) is 11.9 Å². The molecule has 30 heavy (non-hydrogen) atoms. The van der Waals surface area contributed by atoms with Crippen LogP contribution in [0.2, 0.25) is 5.02 Å². The highest BCUT2D eigenvalue weighted by Crippen LogP contribution is 2.23. The van der Waals surface area contributed by atoms with Crippen LogP contribution in [-0.4, -0.2) is 43.4 Å². The Kier molecular flexibility index (Phi) is 6.75. The van der Waals surface area contributed by atoms with E-state index in [0.29, 0.717) is 41.6 Å². The Labute approximate surface area is 183 Å². The van der Waals surface area contributed by atoms with Crippen LogP contribution >= 0.6 is 11.6 Å². The highest BCUT2D eigenvalue weighted by molar-refractivity contribution is 7.89. The number of nitrogens with zero attached hydrogens (tertiary/aromatic N) is 1. The van der Waals surface area contributed by atoms with Gasteiger partial charge in [0, 0.05) is 24.2 Å². The number of halogens is 1. The van der Waals surface area contributed by atoms with Crippen molar-refractivity contribution in [1.82, 2.24) is 9.62 Å². The first-order valence-electron chi connectivity index (χ1n) is 9.90. The van der Waals surface area contributed by atoms with Gasteiger partial charge in [0.25, 0.3) is 5.91 Å². The number of aryl methyl sites for hydroxylation is 1. The minimum absolute atomic E-state index is 0.102. The molecule has 1 amide bonds. The van der Waals surface area contributed by atoms with Crippen molar-refractivity contribution in [2.24, 2.45) is 0 Å². The first kappa shape index (κ1) is 22.6. The number of ether oxygens (including phenoxy) is 1. The van der Waals surface area contributed by atoms with Gasteiger partial charge in [0.1, 0.15) is 5.75 Å². The second kappa shape index (κ2) is 8.96. The van der Waals surface area contributed by atoms with E-state index in [0.717, 1.165) is 5.56 Å². The average molecular weight is 451 g/mol. The second-order valence-corrected chi connectivity index (χ2v) is 10.4. The summed E-state index contributed by atoms with van der Waals surface area (Å²) in [6.45, 7) is 6.05. The number of nitrogens with one attached hydrogen (secondary N) is 1. The molecule has 1 aliphatic rings. The fourth-order valence-corrected chi connectivity index (χ4v) is 4.90. The molecule has 1 fully saturated rings. The molecule has 0 radical (unpaired) electrons. The molecule has 0 aliphatic carbocycles. The van der Waals surface area contributed by atoms with Crippen LogP contribution in [0.25, 0.3) is 0 Å². The summed E-state index contributed by atoms with van der Waals surface area (Å²) in [6, 6.07) is 13.6. The Bertz CT molecular complexity index is 981. The van der Waals surface area contributed by atoms with E-state index >= 15 is 0 Å². The van der Waals surface area contributed by atoms with Gasteiger partial charge in [0.05, 0.1) is 4.90 Å². The second-order valence-electron chi connectivity index (χ2n) is 8.03. The first-order chi connectivity index (χ1) is 14.1. The van der Waals surface area contributed by atoms with E-state index in [1.807, 2.05) is 6.92 Å². The number of carbonyl (C=O) groups is 1. The van der Waals surface area contributed by atoms with Gasteiger partial charge in [-0.15, -0.1) is 0 Å². The molecule has 1 N–H and O–H groups in total. The lowest BCUT2D eigenvalue weighted by Crippen LogP contribution is -2.53. The summed E-state index contributed by atoms with van der Waals surface area (Å²) in [5.41, 5.74) is -0.0577. The lowest BCUT2D eigenvalue weighted by Gasteiger charge is -2.34. The normalized spacial score (nSPS) is 16.3. The molecule has 0 saturated carbocycles. The minimum atomic E-state index is -3.52. The summed E-state index contributed by atoms with van der Waals surface area (Å²) < 4.78 is 33.0. The quantitative estimate of drug-likeness (QED) is 0.726. The number of benzene rings is 2. The predicted octanol–water partition coefficient (Wildman–Crippen LogP) is 3.78. The third-order valence-corrected chi connectivity index (χ3v) is 7.35. The zero-order chi connectivity index (χ0) is 21.9. The summed E-state index contributed by atoms with van der Waals surface area (Å²) in [5.74, 6) is 0.316. The molecule has 1 saturated heterocycles. The predicted molar refractivity (Wildman–Crippen MR) is 117 cm³/mol. The number of amides is 1. The van der Waals surface area contributed by atoms with Crippen LogP contribution in [-0.2, 0) is 14.8 Å². The Morgan fingerprint density at radius 3 is 2.20 bits per heavy atom. The summed E-state index contributed by atoms with van der Waals surface area (Å²) >= 11 is 5.88. The molecular weight excluding hydrogens is 424 g/mol. The standard InChI is InChI=1S/C22H27ClN2O4S/c1-16-4-10-20(11-5-16)30(27,28)25-14-12-18(13-15-25)24-21(26)22(2,3)29-19-8-6-17(23)7-9-19/h4-11,18H,12-15H2,1-3H3,(H,24,26). The molecule has 0 atom stereocenters. The van der Waals surface area contributed by atoms with Gasteiger partial charge in [0.2, 0.25) is 10.0 Å².